The number of hydrogen-bond donors (Lipinski definition) is 2. The van der Waals surface area contributed by atoms with Gasteiger partial charge in [0, 0.05) is 31.1 Å². The van der Waals surface area contributed by atoms with E-state index >= 15 is 0 Å². The number of alkyl halides is 6. The zero-order valence-electron chi connectivity index (χ0n) is 17.7. The number of piperazine rings is 1. The third kappa shape index (κ3) is 7.28. The zero-order valence-corrected chi connectivity index (χ0v) is 18.5. The predicted molar refractivity (Wildman–Crippen MR) is 110 cm³/mol. The standard InChI is InChI=1S/C17H18F4N4OS.C2HF3O2/c1-10-14(23-16(27-10)25-7-5-24(2)6-8-25)15(26)22-13-4-3-11(18)9-12(13)17(19,20)21;3-2(4,5)1(6)7/h3-4,9H,5-8H2,1-2H3,(H,22,26);(H,6,7). The Bertz CT molecular complexity index is 1030. The van der Waals surface area contributed by atoms with Gasteiger partial charge in [-0.25, -0.2) is 14.2 Å². The Morgan fingerprint density at radius 1 is 1.09 bits per heavy atom. The summed E-state index contributed by atoms with van der Waals surface area (Å²) in [6.45, 7) is 4.96. The van der Waals surface area contributed by atoms with Crippen LogP contribution in [0.3, 0.4) is 0 Å². The Hall–Kier alpha value is -2.94. The average Bonchev–Trinajstić information content (AvgIpc) is 3.10. The van der Waals surface area contributed by atoms with Gasteiger partial charge in [0.2, 0.25) is 0 Å². The molecule has 7 nitrogen and oxygen atoms in total. The summed E-state index contributed by atoms with van der Waals surface area (Å²) < 4.78 is 84.2. The van der Waals surface area contributed by atoms with Crippen LogP contribution < -0.4 is 10.2 Å². The molecule has 0 unspecified atom stereocenters. The summed E-state index contributed by atoms with van der Waals surface area (Å²) in [4.78, 5) is 30.5. The number of hydrogen-bond acceptors (Lipinski definition) is 6. The van der Waals surface area contributed by atoms with Gasteiger partial charge in [-0.05, 0) is 32.2 Å². The number of amides is 1. The Labute approximate surface area is 192 Å². The number of aryl methyl sites for hydroxylation is 1. The Kier molecular flexibility index (Phi) is 8.47. The molecule has 0 saturated carbocycles. The van der Waals surface area contributed by atoms with E-state index in [1.54, 1.807) is 6.92 Å². The van der Waals surface area contributed by atoms with Gasteiger partial charge in [0.05, 0.1) is 11.3 Å². The highest BCUT2D eigenvalue weighted by Crippen LogP contribution is 2.36. The molecular weight excluding hydrogens is 497 g/mol. The SMILES string of the molecule is Cc1sc(N2CCN(C)CC2)nc1C(=O)Nc1ccc(F)cc1C(F)(F)F.O=C(O)C(F)(F)F. The number of halogens is 7. The number of rotatable bonds is 3. The third-order valence-corrected chi connectivity index (χ3v) is 5.58. The molecule has 0 atom stereocenters. The minimum atomic E-state index is -5.08. The molecule has 1 saturated heterocycles. The summed E-state index contributed by atoms with van der Waals surface area (Å²) in [5.41, 5.74) is -1.66. The van der Waals surface area contributed by atoms with Gasteiger partial charge < -0.3 is 20.2 Å². The van der Waals surface area contributed by atoms with E-state index in [0.29, 0.717) is 16.1 Å². The van der Waals surface area contributed by atoms with Crippen LogP contribution >= 0.6 is 11.3 Å². The van der Waals surface area contributed by atoms with Crippen molar-refractivity contribution in [2.75, 3.05) is 43.4 Å². The lowest BCUT2D eigenvalue weighted by atomic mass is 10.1. The predicted octanol–water partition coefficient (Wildman–Crippen LogP) is 4.25. The molecule has 1 aliphatic heterocycles. The summed E-state index contributed by atoms with van der Waals surface area (Å²) in [6.07, 6.45) is -9.87. The Morgan fingerprint density at radius 3 is 2.15 bits per heavy atom. The number of carboxylic acids is 1. The lowest BCUT2D eigenvalue weighted by Crippen LogP contribution is -2.44. The number of thiazole rings is 1. The lowest BCUT2D eigenvalue weighted by Gasteiger charge is -2.32. The smallest absolute Gasteiger partial charge is 0.475 e. The maximum Gasteiger partial charge on any atom is 0.490 e. The van der Waals surface area contributed by atoms with Gasteiger partial charge >= 0.3 is 18.3 Å². The number of nitrogens with one attached hydrogen (secondary N) is 1. The van der Waals surface area contributed by atoms with E-state index in [9.17, 15) is 35.5 Å². The quantitative estimate of drug-likeness (QED) is 0.594. The Balaban J connectivity index is 0.000000509. The second-order valence-electron chi connectivity index (χ2n) is 7.14. The highest BCUT2D eigenvalue weighted by molar-refractivity contribution is 7.15. The molecule has 188 valence electrons. The van der Waals surface area contributed by atoms with Crippen LogP contribution in [0.2, 0.25) is 0 Å². The first-order valence-electron chi connectivity index (χ1n) is 9.48. The number of anilines is 2. The number of carboxylic acid groups (broad SMARTS) is 1. The van der Waals surface area contributed by atoms with Crippen molar-refractivity contribution in [3.8, 4) is 0 Å². The van der Waals surface area contributed by atoms with E-state index in [2.05, 4.69) is 15.2 Å². The maximum absolute atomic E-state index is 13.2. The van der Waals surface area contributed by atoms with Gasteiger partial charge in [-0.15, -0.1) is 11.3 Å². The molecule has 0 spiro atoms. The number of benzene rings is 1. The van der Waals surface area contributed by atoms with Crippen LogP contribution in [0.15, 0.2) is 18.2 Å². The molecule has 2 aromatic rings. The fourth-order valence-electron chi connectivity index (χ4n) is 2.77. The number of likely N-dealkylation sites (N-methyl/N-ethyl adjacent to an activating group) is 1. The van der Waals surface area contributed by atoms with Crippen LogP contribution in [0.1, 0.15) is 20.9 Å². The van der Waals surface area contributed by atoms with Crippen LogP contribution in [0.5, 0.6) is 0 Å². The molecule has 0 bridgehead atoms. The fourth-order valence-corrected chi connectivity index (χ4v) is 3.73. The van der Waals surface area contributed by atoms with Crippen molar-refractivity contribution in [2.45, 2.75) is 19.3 Å². The van der Waals surface area contributed by atoms with E-state index in [1.165, 1.54) is 11.3 Å². The number of carbonyl (C=O) groups excluding carboxylic acids is 1. The van der Waals surface area contributed by atoms with Gasteiger partial charge in [-0.3, -0.25) is 4.79 Å². The molecule has 2 heterocycles. The monoisotopic (exact) mass is 516 g/mol. The van der Waals surface area contributed by atoms with Crippen molar-refractivity contribution in [1.29, 1.82) is 0 Å². The van der Waals surface area contributed by atoms with Gasteiger partial charge in [-0.2, -0.15) is 26.3 Å². The summed E-state index contributed by atoms with van der Waals surface area (Å²) in [7, 11) is 2.02. The molecule has 1 fully saturated rings. The number of carbonyl (C=O) groups is 2. The molecule has 1 aromatic heterocycles. The molecule has 1 aliphatic rings. The van der Waals surface area contributed by atoms with Crippen molar-refractivity contribution in [3.63, 3.8) is 0 Å². The van der Waals surface area contributed by atoms with Crippen LogP contribution in [0.4, 0.5) is 41.6 Å². The molecule has 1 aromatic carbocycles. The maximum atomic E-state index is 13.2. The second kappa shape index (κ2) is 10.5. The molecule has 2 N–H and O–H groups in total. The normalized spacial score (nSPS) is 14.9. The highest BCUT2D eigenvalue weighted by Gasteiger charge is 2.38. The average molecular weight is 516 g/mol. The van der Waals surface area contributed by atoms with Crippen LogP contribution in [-0.4, -0.2) is 66.3 Å². The van der Waals surface area contributed by atoms with Gasteiger partial charge in [0.1, 0.15) is 11.5 Å². The van der Waals surface area contributed by atoms with Crippen molar-refractivity contribution in [2.24, 2.45) is 0 Å². The van der Waals surface area contributed by atoms with E-state index in [0.717, 1.165) is 38.3 Å². The number of nitrogens with zero attached hydrogens (tertiary/aromatic N) is 3. The summed E-state index contributed by atoms with van der Waals surface area (Å²) in [5, 5.41) is 10.0. The van der Waals surface area contributed by atoms with E-state index in [1.807, 2.05) is 11.9 Å². The third-order valence-electron chi connectivity index (χ3n) is 4.55. The minimum absolute atomic E-state index is 0.0753. The van der Waals surface area contributed by atoms with Crippen LogP contribution in [-0.2, 0) is 11.0 Å². The van der Waals surface area contributed by atoms with Crippen molar-refractivity contribution in [1.82, 2.24) is 9.88 Å². The highest BCUT2D eigenvalue weighted by atomic mass is 32.1. The van der Waals surface area contributed by atoms with Crippen molar-refractivity contribution < 1.29 is 45.4 Å². The fraction of sp³-hybridized carbons (Fsp3) is 0.421. The first-order valence-corrected chi connectivity index (χ1v) is 10.3. The number of aliphatic carboxylic acids is 1. The topological polar surface area (TPSA) is 85.8 Å². The molecule has 34 heavy (non-hydrogen) atoms. The molecule has 15 heteroatoms. The van der Waals surface area contributed by atoms with Crippen molar-refractivity contribution in [3.05, 3.63) is 40.2 Å². The lowest BCUT2D eigenvalue weighted by molar-refractivity contribution is -0.192. The minimum Gasteiger partial charge on any atom is -0.475 e. The van der Waals surface area contributed by atoms with Crippen LogP contribution in [0.25, 0.3) is 0 Å². The second-order valence-corrected chi connectivity index (χ2v) is 8.32. The summed E-state index contributed by atoms with van der Waals surface area (Å²) >= 11 is 1.33. The van der Waals surface area contributed by atoms with Gasteiger partial charge in [0.25, 0.3) is 5.91 Å². The first kappa shape index (κ1) is 27.3. The van der Waals surface area contributed by atoms with Gasteiger partial charge in [-0.1, -0.05) is 0 Å². The Morgan fingerprint density at radius 2 is 1.65 bits per heavy atom. The van der Waals surface area contributed by atoms with E-state index in [-0.39, 0.29) is 5.69 Å². The van der Waals surface area contributed by atoms with Gasteiger partial charge in [0.15, 0.2) is 5.13 Å². The van der Waals surface area contributed by atoms with E-state index in [4.69, 9.17) is 9.90 Å². The largest absolute Gasteiger partial charge is 0.490 e. The summed E-state index contributed by atoms with van der Waals surface area (Å²) in [5.74, 6) is -4.53. The first-order chi connectivity index (χ1) is 15.6. The van der Waals surface area contributed by atoms with E-state index < -0.39 is 41.3 Å². The molecule has 1 amide bonds. The molecule has 0 aliphatic carbocycles. The summed E-state index contributed by atoms with van der Waals surface area (Å²) in [6, 6.07) is 2.13. The molecular formula is C19H19F7N4O3S. The zero-order chi connectivity index (χ0) is 25.8. The number of aromatic nitrogens is 1. The molecule has 3 rings (SSSR count). The van der Waals surface area contributed by atoms with Crippen molar-refractivity contribution >= 4 is 34.0 Å². The van der Waals surface area contributed by atoms with Crippen LogP contribution in [0, 0.1) is 12.7 Å². The molecule has 0 radical (unpaired) electrons.